The van der Waals surface area contributed by atoms with Crippen molar-refractivity contribution in [3.8, 4) is 0 Å². The standard InChI is InChI=1S/CH6O6P2.2H3N.Pt/c2-8(3,4)1-9(5,6)7;;;/h1H2,(H2,2,3,4)(H2,5,6,7);2*1H3;/q;;;+2/p-2. The van der Waals surface area contributed by atoms with Crippen LogP contribution in [-0.2, 0) is 30.2 Å². The Labute approximate surface area is 83.5 Å². The molecule has 2 unspecified atom stereocenters. The summed E-state index contributed by atoms with van der Waals surface area (Å²) in [6.07, 6.45) is 0. The smallest absolute Gasteiger partial charge is 0.778 e. The van der Waals surface area contributed by atoms with Crippen LogP contribution in [0.15, 0.2) is 0 Å². The van der Waals surface area contributed by atoms with Crippen LogP contribution < -0.4 is 22.1 Å². The Balaban J connectivity index is -0.000000107. The van der Waals surface area contributed by atoms with Crippen molar-refractivity contribution in [3.63, 3.8) is 0 Å². The molecule has 0 radical (unpaired) electrons. The summed E-state index contributed by atoms with van der Waals surface area (Å²) in [7, 11) is -9.73. The van der Waals surface area contributed by atoms with Crippen molar-refractivity contribution in [2.75, 3.05) is 5.90 Å². The maximum atomic E-state index is 9.70. The summed E-state index contributed by atoms with van der Waals surface area (Å²) in [5.41, 5.74) is 0. The molecule has 0 aliphatic heterocycles. The average molecular weight is 403 g/mol. The first-order valence-electron chi connectivity index (χ1n) is 1.76. The summed E-state index contributed by atoms with van der Waals surface area (Å²) in [6, 6.07) is 0. The Morgan fingerprint density at radius 2 is 1.17 bits per heavy atom. The van der Waals surface area contributed by atoms with Crippen LogP contribution in [0.25, 0.3) is 0 Å². The first kappa shape index (κ1) is 23.1. The van der Waals surface area contributed by atoms with Gasteiger partial charge in [-0.15, -0.1) is 0 Å². The SMILES string of the molecule is N.N.O=P([O-])(O)CP(=O)([O-])O.[Pt+2]. The van der Waals surface area contributed by atoms with Gasteiger partial charge in [0.05, 0.1) is 5.90 Å². The Morgan fingerprint density at radius 1 is 1.00 bits per heavy atom. The van der Waals surface area contributed by atoms with Gasteiger partial charge in [0.25, 0.3) is 0 Å². The topological polar surface area (TPSA) is 191 Å². The van der Waals surface area contributed by atoms with Crippen molar-refractivity contribution in [3.05, 3.63) is 0 Å². The van der Waals surface area contributed by atoms with Crippen LogP contribution >= 0.6 is 15.2 Å². The zero-order valence-electron chi connectivity index (χ0n) is 5.86. The van der Waals surface area contributed by atoms with Crippen LogP contribution in [0.2, 0.25) is 0 Å². The van der Waals surface area contributed by atoms with Gasteiger partial charge in [-0.1, -0.05) is 0 Å². The molecule has 0 aliphatic carbocycles. The van der Waals surface area contributed by atoms with E-state index in [2.05, 4.69) is 0 Å². The van der Waals surface area contributed by atoms with E-state index in [1.165, 1.54) is 0 Å². The van der Waals surface area contributed by atoms with Gasteiger partial charge in [0.15, 0.2) is 0 Å². The number of hydrogen-bond donors (Lipinski definition) is 4. The molecule has 0 bridgehead atoms. The molecule has 0 aliphatic rings. The van der Waals surface area contributed by atoms with E-state index < -0.39 is 21.1 Å². The zero-order valence-corrected chi connectivity index (χ0v) is 9.92. The molecule has 0 spiro atoms. The molecule has 80 valence electrons. The van der Waals surface area contributed by atoms with Gasteiger partial charge in [0.1, 0.15) is 15.2 Å². The molecule has 0 rings (SSSR count). The summed E-state index contributed by atoms with van der Waals surface area (Å²) in [5, 5.41) is 0. The third kappa shape index (κ3) is 22.4. The summed E-state index contributed by atoms with van der Waals surface area (Å²) in [4.78, 5) is 35.0. The van der Waals surface area contributed by atoms with E-state index in [1.54, 1.807) is 0 Å². The third-order valence-corrected chi connectivity index (χ3v) is 3.22. The first-order valence-corrected chi connectivity index (χ1v) is 5.29. The minimum Gasteiger partial charge on any atom is -0.778 e. The Kier molecular flexibility index (Phi) is 14.1. The molecule has 0 saturated carbocycles. The molecule has 0 aromatic heterocycles. The van der Waals surface area contributed by atoms with Gasteiger partial charge in [0, 0.05) is 0 Å². The fourth-order valence-electron chi connectivity index (χ4n) is 0.226. The van der Waals surface area contributed by atoms with Gasteiger partial charge in [-0.3, -0.25) is 0 Å². The van der Waals surface area contributed by atoms with Crippen LogP contribution in [0.4, 0.5) is 0 Å². The minimum atomic E-state index is -4.86. The maximum Gasteiger partial charge on any atom is 2.00 e. The fraction of sp³-hybridized carbons (Fsp3) is 1.00. The molecular weight excluding hydrogens is 393 g/mol. The van der Waals surface area contributed by atoms with Crippen molar-refractivity contribution in [1.82, 2.24) is 12.3 Å². The van der Waals surface area contributed by atoms with E-state index in [9.17, 15) is 18.9 Å². The van der Waals surface area contributed by atoms with Crippen LogP contribution in [0.3, 0.4) is 0 Å². The van der Waals surface area contributed by atoms with Crippen molar-refractivity contribution in [2.24, 2.45) is 0 Å². The summed E-state index contributed by atoms with van der Waals surface area (Å²) < 4.78 is 19.4. The molecule has 0 fully saturated rings. The second-order valence-corrected chi connectivity index (χ2v) is 5.10. The van der Waals surface area contributed by atoms with E-state index in [0.29, 0.717) is 0 Å². The van der Waals surface area contributed by atoms with Gasteiger partial charge >= 0.3 is 21.1 Å². The molecular formula is CH10N2O6P2Pt. The van der Waals surface area contributed by atoms with Crippen LogP contribution in [0.1, 0.15) is 0 Å². The predicted molar refractivity (Wildman–Crippen MR) is 34.6 cm³/mol. The number of hydrogen-bond acceptors (Lipinski definition) is 6. The predicted octanol–water partition coefficient (Wildman–Crippen LogP) is -1.64. The normalized spacial score (nSPS) is 18.3. The Bertz CT molecular complexity index is 164. The van der Waals surface area contributed by atoms with E-state index >= 15 is 0 Å². The Hall–Kier alpha value is 0.908. The van der Waals surface area contributed by atoms with Gasteiger partial charge in [0.2, 0.25) is 0 Å². The van der Waals surface area contributed by atoms with E-state index in [1.807, 2.05) is 0 Å². The molecule has 0 aromatic rings. The van der Waals surface area contributed by atoms with Crippen molar-refractivity contribution in [2.45, 2.75) is 0 Å². The molecule has 8 nitrogen and oxygen atoms in total. The van der Waals surface area contributed by atoms with Gasteiger partial charge < -0.3 is 41.0 Å². The second-order valence-electron chi connectivity index (χ2n) is 1.42. The fourth-order valence-corrected chi connectivity index (χ4v) is 2.03. The Morgan fingerprint density at radius 3 is 1.17 bits per heavy atom. The summed E-state index contributed by atoms with van der Waals surface area (Å²) in [6.45, 7) is 0. The maximum absolute atomic E-state index is 9.70. The zero-order chi connectivity index (χ0) is 7.71. The quantitative estimate of drug-likeness (QED) is 0.394. The number of rotatable bonds is 2. The first-order chi connectivity index (χ1) is 3.71. The summed E-state index contributed by atoms with van der Waals surface area (Å²) in [5.74, 6) is -1.60. The second kappa shape index (κ2) is 7.33. The largest absolute Gasteiger partial charge is 2.00 e. The van der Waals surface area contributed by atoms with Crippen LogP contribution in [0, 0.1) is 0 Å². The van der Waals surface area contributed by atoms with E-state index in [4.69, 9.17) is 9.79 Å². The molecule has 11 heteroatoms. The van der Waals surface area contributed by atoms with Gasteiger partial charge in [-0.25, -0.2) is 0 Å². The monoisotopic (exact) mass is 403 g/mol. The van der Waals surface area contributed by atoms with Crippen molar-refractivity contribution in [1.29, 1.82) is 0 Å². The summed E-state index contributed by atoms with van der Waals surface area (Å²) >= 11 is 0. The van der Waals surface area contributed by atoms with Gasteiger partial charge in [-0.2, -0.15) is 0 Å². The van der Waals surface area contributed by atoms with E-state index in [0.717, 1.165) is 0 Å². The molecule has 0 saturated heterocycles. The average Bonchev–Trinajstić information content (AvgIpc) is 1.14. The van der Waals surface area contributed by atoms with Crippen LogP contribution in [-0.4, -0.2) is 15.7 Å². The van der Waals surface area contributed by atoms with Crippen molar-refractivity contribution < 1.29 is 49.8 Å². The molecule has 2 atom stereocenters. The van der Waals surface area contributed by atoms with Gasteiger partial charge in [-0.05, 0) is 0 Å². The minimum absolute atomic E-state index is 0. The van der Waals surface area contributed by atoms with E-state index in [-0.39, 0.29) is 33.4 Å². The molecule has 0 amide bonds. The third-order valence-electron chi connectivity index (χ3n) is 0.357. The van der Waals surface area contributed by atoms with Crippen LogP contribution in [0.5, 0.6) is 0 Å². The van der Waals surface area contributed by atoms with Crippen molar-refractivity contribution >= 4 is 15.2 Å². The molecule has 12 heavy (non-hydrogen) atoms. The molecule has 0 aromatic carbocycles. The molecule has 0 heterocycles. The molecule has 8 N–H and O–H groups in total.